The molecule has 0 saturated heterocycles. The van der Waals surface area contributed by atoms with Crippen molar-refractivity contribution in [1.29, 1.82) is 0 Å². The van der Waals surface area contributed by atoms with Gasteiger partial charge in [0.2, 0.25) is 0 Å². The predicted octanol–water partition coefficient (Wildman–Crippen LogP) is 3.25. The number of hydrogen-bond donors (Lipinski definition) is 1. The molecule has 0 aliphatic heterocycles. The molecule has 1 aromatic carbocycles. The van der Waals surface area contributed by atoms with Crippen LogP contribution in [0.4, 0.5) is 0 Å². The molecule has 2 rings (SSSR count). The Hall–Kier alpha value is -1.06. The van der Waals surface area contributed by atoms with Gasteiger partial charge in [0.05, 0.1) is 12.7 Å². The summed E-state index contributed by atoms with van der Waals surface area (Å²) in [5.74, 6) is 1.73. The molecule has 0 radical (unpaired) electrons. The number of likely N-dealkylation sites (N-methyl/N-ethyl adjacent to an activating group) is 1. The highest BCUT2D eigenvalue weighted by Gasteiger charge is 2.29. The van der Waals surface area contributed by atoms with Gasteiger partial charge in [0, 0.05) is 6.04 Å². The SMILES string of the molecule is CCC1CCC(NC)C(OCCOc2ccccc2)C1. The molecule has 1 aromatic rings. The predicted molar refractivity (Wildman–Crippen MR) is 82.2 cm³/mol. The van der Waals surface area contributed by atoms with E-state index in [-0.39, 0.29) is 0 Å². The van der Waals surface area contributed by atoms with E-state index in [1.54, 1.807) is 0 Å². The highest BCUT2D eigenvalue weighted by atomic mass is 16.5. The summed E-state index contributed by atoms with van der Waals surface area (Å²) >= 11 is 0. The van der Waals surface area contributed by atoms with Crippen molar-refractivity contribution in [3.63, 3.8) is 0 Å². The normalized spacial score (nSPS) is 26.4. The average Bonchev–Trinajstić information content (AvgIpc) is 2.52. The van der Waals surface area contributed by atoms with Crippen LogP contribution in [0, 0.1) is 5.92 Å². The summed E-state index contributed by atoms with van der Waals surface area (Å²) in [5.41, 5.74) is 0. The van der Waals surface area contributed by atoms with E-state index in [0.717, 1.165) is 11.7 Å². The van der Waals surface area contributed by atoms with Crippen LogP contribution in [-0.4, -0.2) is 32.4 Å². The maximum atomic E-state index is 6.05. The topological polar surface area (TPSA) is 30.5 Å². The van der Waals surface area contributed by atoms with Crippen molar-refractivity contribution in [1.82, 2.24) is 5.32 Å². The molecular weight excluding hydrogens is 250 g/mol. The Morgan fingerprint density at radius 3 is 2.65 bits per heavy atom. The van der Waals surface area contributed by atoms with Crippen molar-refractivity contribution in [3.05, 3.63) is 30.3 Å². The molecular formula is C17H27NO2. The summed E-state index contributed by atoms with van der Waals surface area (Å²) in [4.78, 5) is 0. The van der Waals surface area contributed by atoms with Gasteiger partial charge in [-0.3, -0.25) is 0 Å². The zero-order valence-corrected chi connectivity index (χ0v) is 12.7. The smallest absolute Gasteiger partial charge is 0.119 e. The molecule has 1 aliphatic rings. The van der Waals surface area contributed by atoms with E-state index in [4.69, 9.17) is 9.47 Å². The molecule has 0 heterocycles. The first-order valence-corrected chi connectivity index (χ1v) is 7.80. The molecule has 3 nitrogen and oxygen atoms in total. The molecule has 0 amide bonds. The first kappa shape index (κ1) is 15.3. The zero-order chi connectivity index (χ0) is 14.2. The minimum atomic E-state index is 0.332. The van der Waals surface area contributed by atoms with Gasteiger partial charge in [-0.05, 0) is 44.4 Å². The van der Waals surface area contributed by atoms with Gasteiger partial charge in [-0.15, -0.1) is 0 Å². The largest absolute Gasteiger partial charge is 0.491 e. The second-order valence-corrected chi connectivity index (χ2v) is 5.55. The molecule has 1 N–H and O–H groups in total. The summed E-state index contributed by atoms with van der Waals surface area (Å²) in [6, 6.07) is 10.4. The summed E-state index contributed by atoms with van der Waals surface area (Å²) < 4.78 is 11.7. The third-order valence-corrected chi connectivity index (χ3v) is 4.28. The van der Waals surface area contributed by atoms with Crippen LogP contribution in [0.15, 0.2) is 30.3 Å². The van der Waals surface area contributed by atoms with E-state index < -0.39 is 0 Å². The molecule has 20 heavy (non-hydrogen) atoms. The number of para-hydroxylation sites is 1. The van der Waals surface area contributed by atoms with Crippen molar-refractivity contribution in [3.8, 4) is 5.75 Å². The Balaban J connectivity index is 1.71. The van der Waals surface area contributed by atoms with Gasteiger partial charge in [0.25, 0.3) is 0 Å². The first-order valence-electron chi connectivity index (χ1n) is 7.80. The van der Waals surface area contributed by atoms with E-state index in [2.05, 4.69) is 12.2 Å². The van der Waals surface area contributed by atoms with Crippen LogP contribution in [-0.2, 0) is 4.74 Å². The van der Waals surface area contributed by atoms with Crippen LogP contribution in [0.1, 0.15) is 32.6 Å². The molecule has 1 saturated carbocycles. The fraction of sp³-hybridized carbons (Fsp3) is 0.647. The van der Waals surface area contributed by atoms with Gasteiger partial charge in [-0.25, -0.2) is 0 Å². The molecule has 0 spiro atoms. The Bertz CT molecular complexity index is 369. The number of benzene rings is 1. The minimum Gasteiger partial charge on any atom is -0.491 e. The van der Waals surface area contributed by atoms with Crippen molar-refractivity contribution < 1.29 is 9.47 Å². The Morgan fingerprint density at radius 2 is 1.95 bits per heavy atom. The number of hydrogen-bond acceptors (Lipinski definition) is 3. The maximum Gasteiger partial charge on any atom is 0.119 e. The monoisotopic (exact) mass is 277 g/mol. The molecule has 1 fully saturated rings. The van der Waals surface area contributed by atoms with Crippen LogP contribution in [0.5, 0.6) is 5.75 Å². The van der Waals surface area contributed by atoms with Crippen molar-refractivity contribution in [2.45, 2.75) is 44.8 Å². The lowest BCUT2D eigenvalue weighted by atomic mass is 9.82. The highest BCUT2D eigenvalue weighted by Crippen LogP contribution is 2.28. The fourth-order valence-corrected chi connectivity index (χ4v) is 2.97. The Labute approximate surface area is 122 Å². The number of rotatable bonds is 7. The van der Waals surface area contributed by atoms with Gasteiger partial charge in [-0.2, -0.15) is 0 Å². The molecule has 0 aromatic heterocycles. The third-order valence-electron chi connectivity index (χ3n) is 4.28. The van der Waals surface area contributed by atoms with Crippen LogP contribution in [0.2, 0.25) is 0 Å². The van der Waals surface area contributed by atoms with Gasteiger partial charge < -0.3 is 14.8 Å². The summed E-state index contributed by atoms with van der Waals surface area (Å²) in [7, 11) is 2.04. The lowest BCUT2D eigenvalue weighted by Gasteiger charge is -2.35. The van der Waals surface area contributed by atoms with Gasteiger partial charge in [0.15, 0.2) is 0 Å². The van der Waals surface area contributed by atoms with Crippen molar-refractivity contribution >= 4 is 0 Å². The molecule has 112 valence electrons. The molecule has 3 atom stereocenters. The van der Waals surface area contributed by atoms with Gasteiger partial charge in [0.1, 0.15) is 12.4 Å². The molecule has 3 heteroatoms. The Morgan fingerprint density at radius 1 is 1.15 bits per heavy atom. The summed E-state index contributed by atoms with van der Waals surface area (Å²) in [5, 5.41) is 3.39. The van der Waals surface area contributed by atoms with E-state index in [1.807, 2.05) is 37.4 Å². The van der Waals surface area contributed by atoms with Gasteiger partial charge in [-0.1, -0.05) is 31.5 Å². The van der Waals surface area contributed by atoms with Gasteiger partial charge >= 0.3 is 0 Å². The zero-order valence-electron chi connectivity index (χ0n) is 12.7. The van der Waals surface area contributed by atoms with Crippen molar-refractivity contribution in [2.24, 2.45) is 5.92 Å². The lowest BCUT2D eigenvalue weighted by Crippen LogP contribution is -2.44. The number of ether oxygens (including phenoxy) is 2. The van der Waals surface area contributed by atoms with Crippen LogP contribution >= 0.6 is 0 Å². The fourth-order valence-electron chi connectivity index (χ4n) is 2.97. The quantitative estimate of drug-likeness (QED) is 0.776. The minimum absolute atomic E-state index is 0.332. The van der Waals surface area contributed by atoms with Crippen LogP contribution in [0.3, 0.4) is 0 Å². The van der Waals surface area contributed by atoms with Crippen LogP contribution < -0.4 is 10.1 Å². The van der Waals surface area contributed by atoms with E-state index in [1.165, 1.54) is 25.7 Å². The van der Waals surface area contributed by atoms with Crippen LogP contribution in [0.25, 0.3) is 0 Å². The molecule has 1 aliphatic carbocycles. The summed E-state index contributed by atoms with van der Waals surface area (Å²) in [6.45, 7) is 3.56. The molecule has 3 unspecified atom stereocenters. The Kier molecular flexibility index (Phi) is 6.34. The van der Waals surface area contributed by atoms with E-state index >= 15 is 0 Å². The first-order chi connectivity index (χ1) is 9.83. The van der Waals surface area contributed by atoms with E-state index in [0.29, 0.717) is 25.4 Å². The number of nitrogens with one attached hydrogen (secondary N) is 1. The highest BCUT2D eigenvalue weighted by molar-refractivity contribution is 5.20. The maximum absolute atomic E-state index is 6.05. The van der Waals surface area contributed by atoms with E-state index in [9.17, 15) is 0 Å². The second-order valence-electron chi connectivity index (χ2n) is 5.55. The third kappa shape index (κ3) is 4.50. The standard InChI is InChI=1S/C17H27NO2/c1-3-14-9-10-16(18-2)17(13-14)20-12-11-19-15-7-5-4-6-8-15/h4-8,14,16-18H,3,9-13H2,1-2H3. The summed E-state index contributed by atoms with van der Waals surface area (Å²) in [6.07, 6.45) is 5.31. The average molecular weight is 277 g/mol. The second kappa shape index (κ2) is 8.28. The lowest BCUT2D eigenvalue weighted by molar-refractivity contribution is -0.0194. The van der Waals surface area contributed by atoms with Crippen molar-refractivity contribution in [2.75, 3.05) is 20.3 Å². The molecule has 0 bridgehead atoms.